The van der Waals surface area contributed by atoms with Crippen LogP contribution in [0.2, 0.25) is 0 Å². The number of nitrogens with zero attached hydrogens (tertiary/aromatic N) is 1. The molecule has 0 aromatic rings. The van der Waals surface area contributed by atoms with Crippen LogP contribution in [0.5, 0.6) is 0 Å². The van der Waals surface area contributed by atoms with E-state index in [-0.39, 0.29) is 23.6 Å². The number of hydrogen-bond donors (Lipinski definition) is 1. The average molecular weight is 239 g/mol. The highest BCUT2D eigenvalue weighted by Gasteiger charge is 2.60. The van der Waals surface area contributed by atoms with Crippen LogP contribution in [0.1, 0.15) is 45.4 Å². The van der Waals surface area contributed by atoms with Gasteiger partial charge in [0.15, 0.2) is 0 Å². The minimum atomic E-state index is -0.525. The number of rotatable bonds is 1. The van der Waals surface area contributed by atoms with Crippen molar-refractivity contribution in [3.63, 3.8) is 0 Å². The molecule has 1 spiro atoms. The highest BCUT2D eigenvalue weighted by Crippen LogP contribution is 2.47. The van der Waals surface area contributed by atoms with E-state index in [0.29, 0.717) is 0 Å². The molecule has 0 unspecified atom stereocenters. The molecule has 0 aromatic carbocycles. The molecule has 0 radical (unpaired) electrons. The lowest BCUT2D eigenvalue weighted by molar-refractivity contribution is -0.261. The molecule has 1 aliphatic carbocycles. The van der Waals surface area contributed by atoms with Crippen molar-refractivity contribution >= 4 is 5.91 Å². The molecule has 2 heterocycles. The number of carbonyl (C=O) groups excluding carboxylic acids is 1. The molecule has 1 saturated carbocycles. The van der Waals surface area contributed by atoms with E-state index in [1.165, 1.54) is 6.42 Å². The van der Waals surface area contributed by atoms with E-state index < -0.39 is 6.10 Å². The summed E-state index contributed by atoms with van der Waals surface area (Å²) in [5.74, 6) is -0.0794. The molecule has 96 valence electrons. The van der Waals surface area contributed by atoms with Gasteiger partial charge < -0.3 is 14.7 Å². The van der Waals surface area contributed by atoms with Gasteiger partial charge in [0.05, 0.1) is 24.7 Å². The van der Waals surface area contributed by atoms with Crippen molar-refractivity contribution in [3.8, 4) is 0 Å². The second-order valence-electron chi connectivity index (χ2n) is 5.69. The van der Waals surface area contributed by atoms with Crippen LogP contribution in [0.25, 0.3) is 0 Å². The summed E-state index contributed by atoms with van der Waals surface area (Å²) in [6.07, 6.45) is 5.85. The van der Waals surface area contributed by atoms with Gasteiger partial charge in [0.25, 0.3) is 0 Å². The van der Waals surface area contributed by atoms with E-state index in [1.54, 1.807) is 6.92 Å². The molecule has 1 amide bonds. The zero-order valence-corrected chi connectivity index (χ0v) is 10.4. The van der Waals surface area contributed by atoms with Gasteiger partial charge in [-0.2, -0.15) is 0 Å². The van der Waals surface area contributed by atoms with Crippen molar-refractivity contribution in [3.05, 3.63) is 0 Å². The molecule has 3 rings (SSSR count). The number of fused-ring (bicyclic) bond motifs is 2. The van der Waals surface area contributed by atoms with E-state index in [2.05, 4.69) is 0 Å². The fraction of sp³-hybridized carbons (Fsp3) is 0.923. The minimum Gasteiger partial charge on any atom is -0.393 e. The standard InChI is InChI=1S/C13H21NO3/c1-9(15)11-10-5-8-17-13(14(10)12(11)16)6-3-2-4-7-13/h9-11,15H,2-8H2,1H3/t9-,10-,11-/m1/s1. The summed E-state index contributed by atoms with van der Waals surface area (Å²) in [5, 5.41) is 9.68. The van der Waals surface area contributed by atoms with Crippen molar-refractivity contribution in [2.75, 3.05) is 6.61 Å². The van der Waals surface area contributed by atoms with Crippen LogP contribution in [0, 0.1) is 5.92 Å². The summed E-state index contributed by atoms with van der Waals surface area (Å²) in [7, 11) is 0. The quantitative estimate of drug-likeness (QED) is 0.701. The molecule has 4 heteroatoms. The number of ether oxygens (including phenoxy) is 1. The van der Waals surface area contributed by atoms with Gasteiger partial charge >= 0.3 is 0 Å². The highest BCUT2D eigenvalue weighted by atomic mass is 16.5. The molecule has 2 aliphatic heterocycles. The Bertz CT molecular complexity index is 317. The van der Waals surface area contributed by atoms with Gasteiger partial charge in [-0.25, -0.2) is 0 Å². The van der Waals surface area contributed by atoms with Crippen LogP contribution in [0.15, 0.2) is 0 Å². The number of aliphatic hydroxyl groups excluding tert-OH is 1. The minimum absolute atomic E-state index is 0.103. The zero-order chi connectivity index (χ0) is 12.0. The van der Waals surface area contributed by atoms with Crippen LogP contribution in [0.3, 0.4) is 0 Å². The van der Waals surface area contributed by atoms with Crippen LogP contribution < -0.4 is 0 Å². The first-order valence-electron chi connectivity index (χ1n) is 6.81. The molecule has 0 aromatic heterocycles. The number of carbonyl (C=O) groups is 1. The van der Waals surface area contributed by atoms with Crippen molar-refractivity contribution in [1.82, 2.24) is 4.90 Å². The Hall–Kier alpha value is -0.610. The van der Waals surface area contributed by atoms with E-state index in [4.69, 9.17) is 4.74 Å². The molecule has 4 nitrogen and oxygen atoms in total. The smallest absolute Gasteiger partial charge is 0.232 e. The third kappa shape index (κ3) is 1.54. The van der Waals surface area contributed by atoms with Gasteiger partial charge in [-0.1, -0.05) is 6.42 Å². The van der Waals surface area contributed by atoms with Crippen LogP contribution in [-0.4, -0.2) is 40.4 Å². The first kappa shape index (κ1) is 11.5. The Morgan fingerprint density at radius 2 is 2.12 bits per heavy atom. The monoisotopic (exact) mass is 239 g/mol. The number of amides is 1. The fourth-order valence-electron chi connectivity index (χ4n) is 3.84. The van der Waals surface area contributed by atoms with Crippen LogP contribution >= 0.6 is 0 Å². The summed E-state index contributed by atoms with van der Waals surface area (Å²) < 4.78 is 5.96. The predicted molar refractivity (Wildman–Crippen MR) is 62.2 cm³/mol. The summed E-state index contributed by atoms with van der Waals surface area (Å²) in [6, 6.07) is 0.217. The van der Waals surface area contributed by atoms with Crippen molar-refractivity contribution < 1.29 is 14.6 Å². The molecule has 3 atom stereocenters. The maximum atomic E-state index is 12.2. The van der Waals surface area contributed by atoms with E-state index in [1.807, 2.05) is 4.90 Å². The number of β-lactam (4-membered cyclic amide) rings is 1. The SMILES string of the molecule is C[C@@H](O)[C@H]1C(=O)N2[C@@H]1CCOC21CCCCC1. The normalized spacial score (nSPS) is 37.5. The molecular formula is C13H21NO3. The Kier molecular flexibility index (Phi) is 2.67. The Balaban J connectivity index is 1.82. The zero-order valence-electron chi connectivity index (χ0n) is 10.4. The number of aliphatic hydroxyl groups is 1. The summed E-state index contributed by atoms with van der Waals surface area (Å²) in [6.45, 7) is 2.46. The Morgan fingerprint density at radius 1 is 1.41 bits per heavy atom. The van der Waals surface area contributed by atoms with Crippen molar-refractivity contribution in [2.45, 2.75) is 63.3 Å². The van der Waals surface area contributed by atoms with E-state index in [9.17, 15) is 9.90 Å². The Labute approximate surface area is 102 Å². The van der Waals surface area contributed by atoms with Crippen molar-refractivity contribution in [2.24, 2.45) is 5.92 Å². The van der Waals surface area contributed by atoms with Gasteiger partial charge in [-0.3, -0.25) is 4.79 Å². The third-order valence-electron chi connectivity index (χ3n) is 4.65. The number of hydrogen-bond acceptors (Lipinski definition) is 3. The molecule has 3 aliphatic rings. The van der Waals surface area contributed by atoms with Crippen molar-refractivity contribution in [1.29, 1.82) is 0 Å². The van der Waals surface area contributed by atoms with E-state index in [0.717, 1.165) is 38.7 Å². The van der Waals surface area contributed by atoms with Crippen LogP contribution in [0.4, 0.5) is 0 Å². The first-order valence-corrected chi connectivity index (χ1v) is 6.81. The molecular weight excluding hydrogens is 218 g/mol. The third-order valence-corrected chi connectivity index (χ3v) is 4.65. The summed E-state index contributed by atoms with van der Waals surface area (Å²) in [5.41, 5.74) is -0.316. The molecule has 1 N–H and O–H groups in total. The lowest BCUT2D eigenvalue weighted by atomic mass is 9.75. The summed E-state index contributed by atoms with van der Waals surface area (Å²) in [4.78, 5) is 14.1. The lowest BCUT2D eigenvalue weighted by Gasteiger charge is -2.61. The molecule has 17 heavy (non-hydrogen) atoms. The van der Waals surface area contributed by atoms with Crippen LogP contribution in [-0.2, 0) is 9.53 Å². The maximum Gasteiger partial charge on any atom is 0.232 e. The molecule has 3 fully saturated rings. The molecule has 0 bridgehead atoms. The Morgan fingerprint density at radius 3 is 2.76 bits per heavy atom. The average Bonchev–Trinajstić information content (AvgIpc) is 2.28. The van der Waals surface area contributed by atoms with Gasteiger partial charge in [-0.15, -0.1) is 0 Å². The predicted octanol–water partition coefficient (Wildman–Crippen LogP) is 1.27. The second kappa shape index (κ2) is 3.95. The van der Waals surface area contributed by atoms with Gasteiger partial charge in [0.2, 0.25) is 5.91 Å². The van der Waals surface area contributed by atoms with E-state index >= 15 is 0 Å². The van der Waals surface area contributed by atoms with Gasteiger partial charge in [-0.05, 0) is 39.0 Å². The highest BCUT2D eigenvalue weighted by molar-refractivity contribution is 5.87. The topological polar surface area (TPSA) is 49.8 Å². The van der Waals surface area contributed by atoms with Gasteiger partial charge in [0.1, 0.15) is 5.72 Å². The fourth-order valence-corrected chi connectivity index (χ4v) is 3.84. The van der Waals surface area contributed by atoms with Gasteiger partial charge in [0, 0.05) is 0 Å². The molecule has 2 saturated heterocycles. The largest absolute Gasteiger partial charge is 0.393 e. The lowest BCUT2D eigenvalue weighted by Crippen LogP contribution is -2.75. The maximum absolute atomic E-state index is 12.2. The second-order valence-corrected chi connectivity index (χ2v) is 5.69. The first-order chi connectivity index (χ1) is 8.16. The summed E-state index contributed by atoms with van der Waals surface area (Å²) >= 11 is 0.